The number of rotatable bonds is 5. The minimum Gasteiger partial charge on any atom is -0.475 e. The maximum Gasteiger partial charge on any atom is 0.225 e. The fourth-order valence-corrected chi connectivity index (χ4v) is 2.70. The Morgan fingerprint density at radius 3 is 2.87 bits per heavy atom. The summed E-state index contributed by atoms with van der Waals surface area (Å²) in [5.74, 6) is 1.16. The molecule has 1 aliphatic heterocycles. The number of aliphatic hydroxyl groups is 1. The van der Waals surface area contributed by atoms with Gasteiger partial charge in [0.2, 0.25) is 11.8 Å². The number of hydrogen-bond acceptors (Lipinski definition) is 6. The van der Waals surface area contributed by atoms with Gasteiger partial charge < -0.3 is 19.6 Å². The van der Waals surface area contributed by atoms with E-state index in [0.717, 1.165) is 13.0 Å². The standard InChI is InChI=1S/C16H26N4O3/c1-12(2)23-14-8-13(17-11-18-14)20-7-5-6-16(22,10-20)9-15(21)19(3)4/h8,11-12,22H,5-7,9-10H2,1-4H3. The summed E-state index contributed by atoms with van der Waals surface area (Å²) in [6.07, 6.45) is 3.04. The Morgan fingerprint density at radius 1 is 1.48 bits per heavy atom. The van der Waals surface area contributed by atoms with Gasteiger partial charge in [0, 0.05) is 33.3 Å². The number of hydrogen-bond donors (Lipinski definition) is 1. The summed E-state index contributed by atoms with van der Waals surface area (Å²) in [5.41, 5.74) is -1.02. The largest absolute Gasteiger partial charge is 0.475 e. The van der Waals surface area contributed by atoms with Crippen LogP contribution in [0.25, 0.3) is 0 Å². The summed E-state index contributed by atoms with van der Waals surface area (Å²) in [6.45, 7) is 5.05. The van der Waals surface area contributed by atoms with Crippen molar-refractivity contribution in [2.24, 2.45) is 0 Å². The van der Waals surface area contributed by atoms with Crippen molar-refractivity contribution in [1.82, 2.24) is 14.9 Å². The summed E-state index contributed by atoms with van der Waals surface area (Å²) < 4.78 is 5.59. The molecular weight excluding hydrogens is 296 g/mol. The first-order valence-corrected chi connectivity index (χ1v) is 7.95. The Bertz CT molecular complexity index is 550. The van der Waals surface area contributed by atoms with E-state index in [0.29, 0.717) is 24.7 Å². The van der Waals surface area contributed by atoms with Gasteiger partial charge in [-0.3, -0.25) is 4.79 Å². The first kappa shape index (κ1) is 17.5. The fraction of sp³-hybridized carbons (Fsp3) is 0.688. The van der Waals surface area contributed by atoms with E-state index in [9.17, 15) is 9.90 Å². The van der Waals surface area contributed by atoms with Gasteiger partial charge >= 0.3 is 0 Å². The average molecular weight is 322 g/mol. The topological polar surface area (TPSA) is 78.8 Å². The molecule has 2 heterocycles. The zero-order valence-corrected chi connectivity index (χ0v) is 14.3. The van der Waals surface area contributed by atoms with E-state index in [4.69, 9.17) is 4.74 Å². The number of ether oxygens (including phenoxy) is 1. The zero-order valence-electron chi connectivity index (χ0n) is 14.3. The van der Waals surface area contributed by atoms with Crippen molar-refractivity contribution < 1.29 is 14.6 Å². The number of nitrogens with zero attached hydrogens (tertiary/aromatic N) is 4. The maximum absolute atomic E-state index is 11.9. The zero-order chi connectivity index (χ0) is 17.0. The number of carbonyl (C=O) groups is 1. The Kier molecular flexibility index (Phi) is 5.41. The van der Waals surface area contributed by atoms with Gasteiger partial charge in [-0.1, -0.05) is 0 Å². The highest BCUT2D eigenvalue weighted by atomic mass is 16.5. The third-order valence-corrected chi connectivity index (χ3v) is 3.84. The average Bonchev–Trinajstić information content (AvgIpc) is 2.46. The molecule has 0 spiro atoms. The van der Waals surface area contributed by atoms with Crippen LogP contribution >= 0.6 is 0 Å². The van der Waals surface area contributed by atoms with E-state index in [1.807, 2.05) is 18.7 Å². The monoisotopic (exact) mass is 322 g/mol. The lowest BCUT2D eigenvalue weighted by atomic mass is 9.89. The molecule has 1 amide bonds. The predicted octanol–water partition coefficient (Wildman–Crippen LogP) is 1.07. The highest BCUT2D eigenvalue weighted by Gasteiger charge is 2.36. The molecule has 128 valence electrons. The van der Waals surface area contributed by atoms with Gasteiger partial charge in [-0.05, 0) is 26.7 Å². The van der Waals surface area contributed by atoms with Crippen molar-refractivity contribution in [2.45, 2.75) is 44.8 Å². The molecular formula is C16H26N4O3. The molecule has 1 aliphatic rings. The van der Waals surface area contributed by atoms with Crippen LogP contribution in [0.15, 0.2) is 12.4 Å². The third kappa shape index (κ3) is 4.79. The molecule has 0 radical (unpaired) electrons. The van der Waals surface area contributed by atoms with Crippen molar-refractivity contribution in [2.75, 3.05) is 32.1 Å². The summed E-state index contributed by atoms with van der Waals surface area (Å²) >= 11 is 0. The number of carbonyl (C=O) groups excluding carboxylic acids is 1. The van der Waals surface area contributed by atoms with Crippen molar-refractivity contribution in [1.29, 1.82) is 0 Å². The van der Waals surface area contributed by atoms with E-state index in [1.54, 1.807) is 20.2 Å². The maximum atomic E-state index is 11.9. The van der Waals surface area contributed by atoms with Crippen LogP contribution in [0.5, 0.6) is 5.88 Å². The molecule has 0 aliphatic carbocycles. The van der Waals surface area contributed by atoms with Crippen LogP contribution in [0.2, 0.25) is 0 Å². The molecule has 0 saturated carbocycles. The second-order valence-corrected chi connectivity index (χ2v) is 6.60. The minimum absolute atomic E-state index is 0.0359. The Labute approximate surface area is 137 Å². The highest BCUT2D eigenvalue weighted by molar-refractivity contribution is 5.76. The summed E-state index contributed by atoms with van der Waals surface area (Å²) in [7, 11) is 3.40. The van der Waals surface area contributed by atoms with Crippen LogP contribution in [0.1, 0.15) is 33.1 Å². The van der Waals surface area contributed by atoms with Crippen LogP contribution in [0.3, 0.4) is 0 Å². The lowest BCUT2D eigenvalue weighted by Gasteiger charge is -2.39. The molecule has 1 atom stereocenters. The first-order chi connectivity index (χ1) is 10.8. The number of aromatic nitrogens is 2. The molecule has 1 fully saturated rings. The van der Waals surface area contributed by atoms with Gasteiger partial charge in [0.1, 0.15) is 12.1 Å². The molecule has 1 aromatic rings. The van der Waals surface area contributed by atoms with Gasteiger partial charge in [-0.2, -0.15) is 0 Å². The number of anilines is 1. The molecule has 1 saturated heterocycles. The van der Waals surface area contributed by atoms with Crippen LogP contribution in [-0.4, -0.2) is 64.8 Å². The summed E-state index contributed by atoms with van der Waals surface area (Å²) in [5, 5.41) is 10.8. The molecule has 7 heteroatoms. The lowest BCUT2D eigenvalue weighted by Crippen LogP contribution is -2.50. The van der Waals surface area contributed by atoms with E-state index in [-0.39, 0.29) is 18.4 Å². The third-order valence-electron chi connectivity index (χ3n) is 3.84. The molecule has 1 aromatic heterocycles. The normalized spacial score (nSPS) is 21.4. The van der Waals surface area contributed by atoms with Crippen molar-refractivity contribution in [3.8, 4) is 5.88 Å². The molecule has 2 rings (SSSR count). The Morgan fingerprint density at radius 2 is 2.22 bits per heavy atom. The fourth-order valence-electron chi connectivity index (χ4n) is 2.70. The lowest BCUT2D eigenvalue weighted by molar-refractivity contribution is -0.134. The smallest absolute Gasteiger partial charge is 0.225 e. The SMILES string of the molecule is CC(C)Oc1cc(N2CCCC(O)(CC(=O)N(C)C)C2)ncn1. The van der Waals surface area contributed by atoms with E-state index < -0.39 is 5.60 Å². The molecule has 1 N–H and O–H groups in total. The first-order valence-electron chi connectivity index (χ1n) is 7.95. The number of piperidine rings is 1. The molecule has 7 nitrogen and oxygen atoms in total. The summed E-state index contributed by atoms with van der Waals surface area (Å²) in [6, 6.07) is 1.78. The minimum atomic E-state index is -1.02. The number of β-amino-alcohol motifs (C(OH)–C–C–N with tert-alkyl or cyclic N) is 1. The van der Waals surface area contributed by atoms with Gasteiger partial charge in [0.15, 0.2) is 0 Å². The van der Waals surface area contributed by atoms with Crippen LogP contribution in [-0.2, 0) is 4.79 Å². The summed E-state index contributed by atoms with van der Waals surface area (Å²) in [4.78, 5) is 23.8. The van der Waals surface area contributed by atoms with Gasteiger partial charge in [0.25, 0.3) is 0 Å². The Hall–Kier alpha value is -1.89. The molecule has 0 aromatic carbocycles. The molecule has 23 heavy (non-hydrogen) atoms. The van der Waals surface area contributed by atoms with Gasteiger partial charge in [-0.15, -0.1) is 0 Å². The quantitative estimate of drug-likeness (QED) is 0.874. The van der Waals surface area contributed by atoms with E-state index >= 15 is 0 Å². The number of amides is 1. The van der Waals surface area contributed by atoms with E-state index in [2.05, 4.69) is 9.97 Å². The van der Waals surface area contributed by atoms with Gasteiger partial charge in [0.05, 0.1) is 18.1 Å². The van der Waals surface area contributed by atoms with Crippen LogP contribution in [0, 0.1) is 0 Å². The molecule has 1 unspecified atom stereocenters. The van der Waals surface area contributed by atoms with Crippen LogP contribution in [0.4, 0.5) is 5.82 Å². The Balaban J connectivity index is 2.10. The second-order valence-electron chi connectivity index (χ2n) is 6.60. The van der Waals surface area contributed by atoms with Crippen molar-refractivity contribution in [3.63, 3.8) is 0 Å². The second kappa shape index (κ2) is 7.12. The van der Waals surface area contributed by atoms with Crippen LogP contribution < -0.4 is 9.64 Å². The van der Waals surface area contributed by atoms with Gasteiger partial charge in [-0.25, -0.2) is 9.97 Å². The molecule has 0 bridgehead atoms. The van der Waals surface area contributed by atoms with E-state index in [1.165, 1.54) is 11.2 Å². The van der Waals surface area contributed by atoms with Crippen molar-refractivity contribution in [3.05, 3.63) is 12.4 Å². The predicted molar refractivity (Wildman–Crippen MR) is 87.5 cm³/mol. The highest BCUT2D eigenvalue weighted by Crippen LogP contribution is 2.28. The van der Waals surface area contributed by atoms with Crippen molar-refractivity contribution >= 4 is 11.7 Å².